The Morgan fingerprint density at radius 3 is 2.50 bits per heavy atom. The Balaban J connectivity index is 2.14. The summed E-state index contributed by atoms with van der Waals surface area (Å²) in [5.41, 5.74) is 0.630. The quantitative estimate of drug-likeness (QED) is 0.867. The topological polar surface area (TPSA) is 46.2 Å². The van der Waals surface area contributed by atoms with Crippen LogP contribution in [0.2, 0.25) is 5.02 Å². The fraction of sp³-hybridized carbons (Fsp3) is 0.0769. The minimum Gasteiger partial charge on any atom is -0.321 e. The molecule has 0 atom stereocenters. The minimum absolute atomic E-state index is 0.0400. The smallest absolute Gasteiger partial charge is 0.265 e. The standard InChI is InChI=1S/C13H10ClNO2S/c1-8(16)11-5-6-12(18-11)13(17)15-10-4-2-3-9(14)7-10/h2-7H,1H3,(H,15,17). The summed E-state index contributed by atoms with van der Waals surface area (Å²) in [6.45, 7) is 1.48. The number of carbonyl (C=O) groups excluding carboxylic acids is 2. The number of carbonyl (C=O) groups is 2. The average molecular weight is 280 g/mol. The summed E-state index contributed by atoms with van der Waals surface area (Å²) >= 11 is 7.00. The van der Waals surface area contributed by atoms with Crippen LogP contribution in [-0.4, -0.2) is 11.7 Å². The van der Waals surface area contributed by atoms with E-state index in [1.165, 1.54) is 18.3 Å². The van der Waals surface area contributed by atoms with E-state index in [0.717, 1.165) is 0 Å². The van der Waals surface area contributed by atoms with Crippen LogP contribution in [0.25, 0.3) is 0 Å². The van der Waals surface area contributed by atoms with Gasteiger partial charge in [-0.2, -0.15) is 0 Å². The van der Waals surface area contributed by atoms with E-state index in [9.17, 15) is 9.59 Å². The molecule has 0 spiro atoms. The number of ketones is 1. The van der Waals surface area contributed by atoms with Gasteiger partial charge in [-0.1, -0.05) is 17.7 Å². The van der Waals surface area contributed by atoms with Crippen molar-refractivity contribution in [3.8, 4) is 0 Å². The predicted molar refractivity (Wildman–Crippen MR) is 73.7 cm³/mol. The van der Waals surface area contributed by atoms with Gasteiger partial charge < -0.3 is 5.32 Å². The Hall–Kier alpha value is -1.65. The average Bonchev–Trinajstić information content (AvgIpc) is 2.78. The van der Waals surface area contributed by atoms with Crippen molar-refractivity contribution < 1.29 is 9.59 Å². The molecular weight excluding hydrogens is 270 g/mol. The third-order valence-electron chi connectivity index (χ3n) is 2.26. The van der Waals surface area contributed by atoms with Gasteiger partial charge in [-0.15, -0.1) is 11.3 Å². The molecule has 2 rings (SSSR count). The van der Waals surface area contributed by atoms with Crippen molar-refractivity contribution in [3.63, 3.8) is 0 Å². The van der Waals surface area contributed by atoms with Crippen molar-refractivity contribution in [1.29, 1.82) is 0 Å². The van der Waals surface area contributed by atoms with Crippen LogP contribution in [0.1, 0.15) is 26.3 Å². The van der Waals surface area contributed by atoms with Gasteiger partial charge in [0.1, 0.15) is 0 Å². The summed E-state index contributed by atoms with van der Waals surface area (Å²) in [7, 11) is 0. The van der Waals surface area contributed by atoms with E-state index in [2.05, 4.69) is 5.32 Å². The van der Waals surface area contributed by atoms with E-state index in [4.69, 9.17) is 11.6 Å². The molecule has 0 aliphatic heterocycles. The number of hydrogen-bond donors (Lipinski definition) is 1. The van der Waals surface area contributed by atoms with Crippen LogP contribution in [0.5, 0.6) is 0 Å². The van der Waals surface area contributed by atoms with Crippen LogP contribution in [-0.2, 0) is 0 Å². The number of rotatable bonds is 3. The van der Waals surface area contributed by atoms with Gasteiger partial charge in [0, 0.05) is 10.7 Å². The van der Waals surface area contributed by atoms with Crippen molar-refractivity contribution in [2.24, 2.45) is 0 Å². The summed E-state index contributed by atoms with van der Waals surface area (Å²) in [5, 5.41) is 3.29. The molecule has 92 valence electrons. The maximum Gasteiger partial charge on any atom is 0.265 e. The molecule has 0 aliphatic rings. The Bertz CT molecular complexity index is 607. The van der Waals surface area contributed by atoms with E-state index in [1.54, 1.807) is 36.4 Å². The highest BCUT2D eigenvalue weighted by atomic mass is 35.5. The summed E-state index contributed by atoms with van der Waals surface area (Å²) in [6.07, 6.45) is 0. The first-order chi connectivity index (χ1) is 8.56. The van der Waals surface area contributed by atoms with Crippen LogP contribution < -0.4 is 5.32 Å². The lowest BCUT2D eigenvalue weighted by Gasteiger charge is -2.03. The second-order valence-corrected chi connectivity index (χ2v) is 5.20. The molecule has 3 nitrogen and oxygen atoms in total. The van der Waals surface area contributed by atoms with Crippen LogP contribution in [0.4, 0.5) is 5.69 Å². The Kier molecular flexibility index (Phi) is 3.79. The summed E-state index contributed by atoms with van der Waals surface area (Å²) in [4.78, 5) is 24.1. The molecule has 0 bridgehead atoms. The second-order valence-electron chi connectivity index (χ2n) is 3.68. The van der Waals surface area contributed by atoms with Gasteiger partial charge in [0.2, 0.25) is 0 Å². The molecule has 0 fully saturated rings. The second kappa shape index (κ2) is 5.33. The monoisotopic (exact) mass is 279 g/mol. The summed E-state index contributed by atoms with van der Waals surface area (Å²) in [5.74, 6) is -0.281. The fourth-order valence-electron chi connectivity index (χ4n) is 1.41. The van der Waals surface area contributed by atoms with Crippen LogP contribution in [0.15, 0.2) is 36.4 Å². The molecule has 1 aromatic carbocycles. The van der Waals surface area contributed by atoms with Gasteiger partial charge >= 0.3 is 0 Å². The van der Waals surface area contributed by atoms with Crippen molar-refractivity contribution in [1.82, 2.24) is 0 Å². The lowest BCUT2D eigenvalue weighted by molar-refractivity contribution is 0.101. The third kappa shape index (κ3) is 2.97. The zero-order valence-electron chi connectivity index (χ0n) is 9.57. The molecular formula is C13H10ClNO2S. The number of halogens is 1. The van der Waals surface area contributed by atoms with Gasteiger partial charge in [0.05, 0.1) is 9.75 Å². The van der Waals surface area contributed by atoms with Crippen molar-refractivity contribution >= 4 is 40.3 Å². The number of anilines is 1. The van der Waals surface area contributed by atoms with Gasteiger partial charge in [0.25, 0.3) is 5.91 Å². The first-order valence-corrected chi connectivity index (χ1v) is 6.43. The first kappa shape index (κ1) is 12.8. The Labute approximate surface area is 113 Å². The number of nitrogens with one attached hydrogen (secondary N) is 1. The van der Waals surface area contributed by atoms with Crippen LogP contribution in [0, 0.1) is 0 Å². The zero-order valence-corrected chi connectivity index (χ0v) is 11.1. The molecule has 18 heavy (non-hydrogen) atoms. The zero-order chi connectivity index (χ0) is 13.1. The number of hydrogen-bond acceptors (Lipinski definition) is 3. The lowest BCUT2D eigenvalue weighted by Crippen LogP contribution is -2.09. The SMILES string of the molecule is CC(=O)c1ccc(C(=O)Nc2cccc(Cl)c2)s1. The highest BCUT2D eigenvalue weighted by Crippen LogP contribution is 2.20. The first-order valence-electron chi connectivity index (χ1n) is 5.24. The third-order valence-corrected chi connectivity index (χ3v) is 3.68. The van der Waals surface area contributed by atoms with E-state index in [0.29, 0.717) is 20.5 Å². The van der Waals surface area contributed by atoms with Gasteiger partial charge in [0.15, 0.2) is 5.78 Å². The van der Waals surface area contributed by atoms with Crippen LogP contribution in [0.3, 0.4) is 0 Å². The number of amides is 1. The van der Waals surface area contributed by atoms with E-state index in [-0.39, 0.29) is 11.7 Å². The van der Waals surface area contributed by atoms with Gasteiger partial charge in [-0.3, -0.25) is 9.59 Å². The molecule has 0 unspecified atom stereocenters. The summed E-state index contributed by atoms with van der Waals surface area (Å²) < 4.78 is 0. The van der Waals surface area contributed by atoms with E-state index < -0.39 is 0 Å². The molecule has 0 saturated heterocycles. The molecule has 1 heterocycles. The van der Waals surface area contributed by atoms with Crippen LogP contribution >= 0.6 is 22.9 Å². The lowest BCUT2D eigenvalue weighted by atomic mass is 10.3. The van der Waals surface area contributed by atoms with Gasteiger partial charge in [-0.05, 0) is 37.3 Å². The molecule has 2 aromatic rings. The molecule has 0 aliphatic carbocycles. The molecule has 5 heteroatoms. The number of benzene rings is 1. The van der Waals surface area contributed by atoms with E-state index >= 15 is 0 Å². The molecule has 1 aromatic heterocycles. The van der Waals surface area contributed by atoms with Crippen molar-refractivity contribution in [2.75, 3.05) is 5.32 Å². The minimum atomic E-state index is -0.241. The number of Topliss-reactive ketones (excluding diaryl/α,β-unsaturated/α-hetero) is 1. The summed E-state index contributed by atoms with van der Waals surface area (Å²) in [6, 6.07) is 10.2. The molecule has 0 saturated carbocycles. The fourth-order valence-corrected chi connectivity index (χ4v) is 2.39. The largest absolute Gasteiger partial charge is 0.321 e. The molecule has 1 N–H and O–H groups in total. The predicted octanol–water partition coefficient (Wildman–Crippen LogP) is 3.86. The number of thiophene rings is 1. The highest BCUT2D eigenvalue weighted by molar-refractivity contribution is 7.16. The van der Waals surface area contributed by atoms with Crippen molar-refractivity contribution in [2.45, 2.75) is 6.92 Å². The normalized spacial score (nSPS) is 10.1. The Morgan fingerprint density at radius 2 is 1.89 bits per heavy atom. The van der Waals surface area contributed by atoms with Crippen molar-refractivity contribution in [3.05, 3.63) is 51.2 Å². The maximum atomic E-state index is 11.9. The molecule has 1 amide bonds. The maximum absolute atomic E-state index is 11.9. The highest BCUT2D eigenvalue weighted by Gasteiger charge is 2.11. The van der Waals surface area contributed by atoms with E-state index in [1.807, 2.05) is 0 Å². The van der Waals surface area contributed by atoms with Gasteiger partial charge in [-0.25, -0.2) is 0 Å². The molecule has 0 radical (unpaired) electrons. The Morgan fingerprint density at radius 1 is 1.17 bits per heavy atom.